The van der Waals surface area contributed by atoms with Crippen LogP contribution >= 0.6 is 11.3 Å². The maximum Gasteiger partial charge on any atom is 0.226 e. The van der Waals surface area contributed by atoms with E-state index in [1.165, 1.54) is 0 Å². The van der Waals surface area contributed by atoms with Crippen molar-refractivity contribution in [1.29, 1.82) is 0 Å². The number of thiazole rings is 1. The summed E-state index contributed by atoms with van der Waals surface area (Å²) in [7, 11) is 0. The second-order valence-electron chi connectivity index (χ2n) is 5.22. The zero-order valence-electron chi connectivity index (χ0n) is 12.0. The van der Waals surface area contributed by atoms with Crippen molar-refractivity contribution >= 4 is 17.2 Å². The third-order valence-corrected chi connectivity index (χ3v) is 4.42. The van der Waals surface area contributed by atoms with Crippen molar-refractivity contribution in [2.45, 2.75) is 19.8 Å². The fraction of sp³-hybridized carbons (Fsp3) is 0.375. The number of ether oxygens (including phenoxy) is 1. The minimum absolute atomic E-state index is 0.0662. The molecule has 5 heteroatoms. The first-order valence-corrected chi connectivity index (χ1v) is 8.00. The number of fused-ring (bicyclic) bond motifs is 1. The molecule has 1 N–H and O–H groups in total. The van der Waals surface area contributed by atoms with E-state index in [0.29, 0.717) is 13.2 Å². The highest BCUT2D eigenvalue weighted by Gasteiger charge is 2.25. The molecule has 1 aromatic heterocycles. The number of para-hydroxylation sites is 1. The Balaban J connectivity index is 1.50. The van der Waals surface area contributed by atoms with Crippen LogP contribution in [0, 0.1) is 12.8 Å². The summed E-state index contributed by atoms with van der Waals surface area (Å²) < 4.78 is 5.65. The molecule has 3 rings (SSSR count). The van der Waals surface area contributed by atoms with Crippen LogP contribution in [-0.2, 0) is 17.6 Å². The zero-order chi connectivity index (χ0) is 14.7. The normalized spacial score (nSPS) is 16.9. The highest BCUT2D eigenvalue weighted by Crippen LogP contribution is 2.26. The molecule has 0 aliphatic carbocycles. The number of amides is 1. The topological polar surface area (TPSA) is 51.2 Å². The standard InChI is InChI=1S/C16H18N2O2S/c1-11-18-14(10-21-11)6-7-17-16(19)13-8-12-4-2-3-5-15(12)20-9-13/h2-5,10,13H,6-9H2,1H3,(H,17,19). The van der Waals surface area contributed by atoms with Crippen LogP contribution in [0.1, 0.15) is 16.3 Å². The average Bonchev–Trinajstić information content (AvgIpc) is 2.92. The highest BCUT2D eigenvalue weighted by atomic mass is 32.1. The van der Waals surface area contributed by atoms with Crippen molar-refractivity contribution in [3.63, 3.8) is 0 Å². The van der Waals surface area contributed by atoms with Crippen molar-refractivity contribution in [2.75, 3.05) is 13.2 Å². The summed E-state index contributed by atoms with van der Waals surface area (Å²) >= 11 is 1.64. The van der Waals surface area contributed by atoms with E-state index < -0.39 is 0 Å². The number of hydrogen-bond acceptors (Lipinski definition) is 4. The molecule has 4 nitrogen and oxygen atoms in total. The van der Waals surface area contributed by atoms with E-state index in [4.69, 9.17) is 4.74 Å². The number of nitrogens with zero attached hydrogens (tertiary/aromatic N) is 1. The van der Waals surface area contributed by atoms with Gasteiger partial charge >= 0.3 is 0 Å². The number of aromatic nitrogens is 1. The molecule has 0 radical (unpaired) electrons. The summed E-state index contributed by atoms with van der Waals surface area (Å²) in [5.41, 5.74) is 2.15. The number of carbonyl (C=O) groups excluding carboxylic acids is 1. The molecule has 1 amide bonds. The Hall–Kier alpha value is -1.88. The van der Waals surface area contributed by atoms with Gasteiger partial charge in [-0.3, -0.25) is 4.79 Å². The third kappa shape index (κ3) is 3.42. The number of benzene rings is 1. The van der Waals surface area contributed by atoms with Gasteiger partial charge in [0.05, 0.1) is 16.6 Å². The van der Waals surface area contributed by atoms with Gasteiger partial charge in [-0.1, -0.05) is 18.2 Å². The molecule has 1 aliphatic rings. The minimum Gasteiger partial charge on any atom is -0.492 e. The van der Waals surface area contributed by atoms with Gasteiger partial charge in [0.25, 0.3) is 0 Å². The van der Waals surface area contributed by atoms with Crippen LogP contribution in [-0.4, -0.2) is 24.0 Å². The van der Waals surface area contributed by atoms with E-state index in [1.54, 1.807) is 11.3 Å². The fourth-order valence-electron chi connectivity index (χ4n) is 2.48. The number of carbonyl (C=O) groups is 1. The molecule has 0 bridgehead atoms. The van der Waals surface area contributed by atoms with Gasteiger partial charge in [-0.2, -0.15) is 0 Å². The zero-order valence-corrected chi connectivity index (χ0v) is 12.8. The maximum atomic E-state index is 12.2. The molecule has 2 heterocycles. The first-order valence-electron chi connectivity index (χ1n) is 7.12. The highest BCUT2D eigenvalue weighted by molar-refractivity contribution is 7.09. The second kappa shape index (κ2) is 6.26. The second-order valence-corrected chi connectivity index (χ2v) is 6.28. The molecule has 1 aromatic carbocycles. The van der Waals surface area contributed by atoms with Crippen LogP contribution in [0.2, 0.25) is 0 Å². The van der Waals surface area contributed by atoms with Gasteiger partial charge in [-0.25, -0.2) is 4.98 Å². The van der Waals surface area contributed by atoms with E-state index in [2.05, 4.69) is 10.3 Å². The van der Waals surface area contributed by atoms with Gasteiger partial charge in [0, 0.05) is 18.3 Å². The lowest BCUT2D eigenvalue weighted by Crippen LogP contribution is -2.38. The third-order valence-electron chi connectivity index (χ3n) is 3.60. The van der Waals surface area contributed by atoms with Crippen molar-refractivity contribution in [2.24, 2.45) is 5.92 Å². The molecule has 110 valence electrons. The number of rotatable bonds is 4. The first kappa shape index (κ1) is 14.1. The molecule has 1 aliphatic heterocycles. The Morgan fingerprint density at radius 1 is 1.48 bits per heavy atom. The SMILES string of the molecule is Cc1nc(CCNC(=O)C2COc3ccccc3C2)cs1. The van der Waals surface area contributed by atoms with Crippen LogP contribution in [0.3, 0.4) is 0 Å². The van der Waals surface area contributed by atoms with Crippen molar-refractivity contribution in [3.8, 4) is 5.75 Å². The summed E-state index contributed by atoms with van der Waals surface area (Å²) in [6.07, 6.45) is 1.53. The minimum atomic E-state index is -0.0999. The Bertz CT molecular complexity index is 639. The van der Waals surface area contributed by atoms with Crippen molar-refractivity contribution in [3.05, 3.63) is 45.9 Å². The van der Waals surface area contributed by atoms with Crippen LogP contribution in [0.4, 0.5) is 0 Å². The summed E-state index contributed by atoms with van der Waals surface area (Å²) in [4.78, 5) is 16.6. The maximum absolute atomic E-state index is 12.2. The summed E-state index contributed by atoms with van der Waals surface area (Å²) in [6, 6.07) is 7.91. The smallest absolute Gasteiger partial charge is 0.226 e. The van der Waals surface area contributed by atoms with Crippen molar-refractivity contribution in [1.82, 2.24) is 10.3 Å². The fourth-order valence-corrected chi connectivity index (χ4v) is 3.12. The van der Waals surface area contributed by atoms with E-state index in [1.807, 2.05) is 36.6 Å². The Labute approximate surface area is 128 Å². The van der Waals surface area contributed by atoms with Gasteiger partial charge in [0.1, 0.15) is 12.4 Å². The molecule has 0 saturated carbocycles. The van der Waals surface area contributed by atoms with E-state index in [0.717, 1.165) is 34.9 Å². The average molecular weight is 302 g/mol. The Morgan fingerprint density at radius 2 is 2.33 bits per heavy atom. The van der Waals surface area contributed by atoms with E-state index in [-0.39, 0.29) is 11.8 Å². The van der Waals surface area contributed by atoms with Gasteiger partial charge in [0.2, 0.25) is 5.91 Å². The van der Waals surface area contributed by atoms with Gasteiger partial charge in [0.15, 0.2) is 0 Å². The van der Waals surface area contributed by atoms with Crippen LogP contribution in [0.25, 0.3) is 0 Å². The molecule has 1 unspecified atom stereocenters. The lowest BCUT2D eigenvalue weighted by Gasteiger charge is -2.24. The monoisotopic (exact) mass is 302 g/mol. The van der Waals surface area contributed by atoms with Crippen LogP contribution in [0.15, 0.2) is 29.6 Å². The molecular formula is C16H18N2O2S. The van der Waals surface area contributed by atoms with Crippen LogP contribution in [0.5, 0.6) is 5.75 Å². The van der Waals surface area contributed by atoms with E-state index in [9.17, 15) is 4.79 Å². The molecule has 1 atom stereocenters. The lowest BCUT2D eigenvalue weighted by molar-refractivity contribution is -0.126. The quantitative estimate of drug-likeness (QED) is 0.943. The number of aryl methyl sites for hydroxylation is 1. The van der Waals surface area contributed by atoms with Gasteiger partial charge < -0.3 is 10.1 Å². The number of nitrogens with one attached hydrogen (secondary N) is 1. The van der Waals surface area contributed by atoms with Crippen LogP contribution < -0.4 is 10.1 Å². The summed E-state index contributed by atoms with van der Waals surface area (Å²) in [5, 5.41) is 6.09. The largest absolute Gasteiger partial charge is 0.492 e. The molecule has 0 saturated heterocycles. The number of hydrogen-bond donors (Lipinski definition) is 1. The summed E-state index contributed by atoms with van der Waals surface area (Å²) in [5.74, 6) is 0.869. The van der Waals surface area contributed by atoms with E-state index >= 15 is 0 Å². The summed E-state index contributed by atoms with van der Waals surface area (Å²) in [6.45, 7) is 3.07. The predicted octanol–water partition coefficient (Wildman–Crippen LogP) is 2.36. The Kier molecular flexibility index (Phi) is 4.20. The lowest BCUT2D eigenvalue weighted by atomic mass is 9.96. The Morgan fingerprint density at radius 3 is 3.14 bits per heavy atom. The molecule has 21 heavy (non-hydrogen) atoms. The first-order chi connectivity index (χ1) is 10.2. The molecule has 2 aromatic rings. The molecular weight excluding hydrogens is 284 g/mol. The molecule has 0 spiro atoms. The predicted molar refractivity (Wildman–Crippen MR) is 82.7 cm³/mol. The molecule has 0 fully saturated rings. The van der Waals surface area contributed by atoms with Gasteiger partial charge in [-0.15, -0.1) is 11.3 Å². The van der Waals surface area contributed by atoms with Crippen molar-refractivity contribution < 1.29 is 9.53 Å². The van der Waals surface area contributed by atoms with Gasteiger partial charge in [-0.05, 0) is 25.0 Å².